The summed E-state index contributed by atoms with van der Waals surface area (Å²) in [5.74, 6) is 0. The van der Waals surface area contributed by atoms with Crippen molar-refractivity contribution >= 4 is 27.0 Å². The van der Waals surface area contributed by atoms with Crippen molar-refractivity contribution in [2.75, 3.05) is 0 Å². The van der Waals surface area contributed by atoms with Crippen LogP contribution in [0.5, 0.6) is 0 Å². The van der Waals surface area contributed by atoms with E-state index in [4.69, 9.17) is 0 Å². The van der Waals surface area contributed by atoms with E-state index in [2.05, 4.69) is 57.9 Å². The number of nitrogens with one attached hydrogen (secondary N) is 2. The van der Waals surface area contributed by atoms with E-state index < -0.39 is 0 Å². The third kappa shape index (κ3) is 2.20. The molecule has 20 heavy (non-hydrogen) atoms. The lowest BCUT2D eigenvalue weighted by Crippen LogP contribution is -1.99. The van der Waals surface area contributed by atoms with Crippen LogP contribution in [0.25, 0.3) is 11.0 Å². The number of hydrogen-bond acceptors (Lipinski definition) is 1. The third-order valence-corrected chi connectivity index (χ3v) is 4.77. The van der Waals surface area contributed by atoms with Gasteiger partial charge in [-0.15, -0.1) is 0 Å². The maximum Gasteiger partial charge on any atom is 0.323 e. The largest absolute Gasteiger partial charge is 0.323 e. The molecular formula is C16H15BrN2O. The van der Waals surface area contributed by atoms with Crippen LogP contribution in [0.3, 0.4) is 0 Å². The molecule has 0 bridgehead atoms. The molecule has 1 atom stereocenters. The first-order valence-electron chi connectivity index (χ1n) is 6.48. The summed E-state index contributed by atoms with van der Waals surface area (Å²) in [6.45, 7) is 4.25. The SMILES string of the molecule is Cc1cccc(C(Br)c2ccc3[nH]c(=O)[nH]c3c2)c1C. The molecule has 0 saturated carbocycles. The molecule has 0 fully saturated rings. The van der Waals surface area contributed by atoms with Gasteiger partial charge in [0, 0.05) is 0 Å². The molecule has 0 radical (unpaired) electrons. The van der Waals surface area contributed by atoms with Crippen molar-refractivity contribution in [1.82, 2.24) is 9.97 Å². The van der Waals surface area contributed by atoms with Crippen molar-refractivity contribution < 1.29 is 0 Å². The Balaban J connectivity index is 2.09. The van der Waals surface area contributed by atoms with Gasteiger partial charge in [-0.1, -0.05) is 40.2 Å². The monoisotopic (exact) mass is 330 g/mol. The maximum absolute atomic E-state index is 11.3. The summed E-state index contributed by atoms with van der Waals surface area (Å²) in [7, 11) is 0. The number of aryl methyl sites for hydroxylation is 1. The minimum atomic E-state index is -0.171. The van der Waals surface area contributed by atoms with Gasteiger partial charge in [0.2, 0.25) is 0 Å². The standard InChI is InChI=1S/C16H15BrN2O/c1-9-4-3-5-12(10(9)2)15(17)11-6-7-13-14(8-11)19-16(20)18-13/h3-8,15H,1-2H3,(H2,18,19,20). The summed E-state index contributed by atoms with van der Waals surface area (Å²) in [5, 5.41) is 0. The van der Waals surface area contributed by atoms with Crippen LogP contribution in [0.1, 0.15) is 27.1 Å². The number of benzene rings is 2. The summed E-state index contributed by atoms with van der Waals surface area (Å²) in [4.78, 5) is 17.0. The van der Waals surface area contributed by atoms with Gasteiger partial charge in [-0.05, 0) is 48.2 Å². The molecule has 3 rings (SSSR count). The Labute approximate surface area is 125 Å². The van der Waals surface area contributed by atoms with E-state index in [-0.39, 0.29) is 10.5 Å². The Morgan fingerprint density at radius 1 is 1.05 bits per heavy atom. The van der Waals surface area contributed by atoms with Crippen molar-refractivity contribution in [1.29, 1.82) is 0 Å². The van der Waals surface area contributed by atoms with Crippen LogP contribution >= 0.6 is 15.9 Å². The Hall–Kier alpha value is -1.81. The maximum atomic E-state index is 11.3. The smallest absolute Gasteiger partial charge is 0.306 e. The first kappa shape index (κ1) is 13.2. The molecule has 3 aromatic rings. The van der Waals surface area contributed by atoms with Crippen LogP contribution in [0.2, 0.25) is 0 Å². The molecule has 0 aliphatic carbocycles. The quantitative estimate of drug-likeness (QED) is 0.686. The third-order valence-electron chi connectivity index (χ3n) is 3.75. The first-order chi connectivity index (χ1) is 9.56. The van der Waals surface area contributed by atoms with E-state index in [0.717, 1.165) is 16.6 Å². The van der Waals surface area contributed by atoms with Gasteiger partial charge in [0.1, 0.15) is 0 Å². The highest BCUT2D eigenvalue weighted by molar-refractivity contribution is 9.09. The molecule has 0 aliphatic heterocycles. The second-order valence-corrected chi connectivity index (χ2v) is 5.95. The molecule has 0 aliphatic rings. The zero-order chi connectivity index (χ0) is 14.3. The van der Waals surface area contributed by atoms with Gasteiger partial charge in [-0.2, -0.15) is 0 Å². The summed E-state index contributed by atoms with van der Waals surface area (Å²) in [6.07, 6.45) is 0. The number of imidazole rings is 1. The van der Waals surface area contributed by atoms with Crippen LogP contribution in [0.15, 0.2) is 41.2 Å². The Morgan fingerprint density at radius 2 is 1.80 bits per heavy atom. The molecule has 1 heterocycles. The average Bonchev–Trinajstić information content (AvgIpc) is 2.80. The Morgan fingerprint density at radius 3 is 2.60 bits per heavy atom. The molecular weight excluding hydrogens is 316 g/mol. The molecule has 1 unspecified atom stereocenters. The van der Waals surface area contributed by atoms with Gasteiger partial charge >= 0.3 is 5.69 Å². The first-order valence-corrected chi connectivity index (χ1v) is 7.40. The summed E-state index contributed by atoms with van der Waals surface area (Å²) >= 11 is 3.77. The fourth-order valence-electron chi connectivity index (χ4n) is 2.44. The molecule has 1 aromatic heterocycles. The van der Waals surface area contributed by atoms with Gasteiger partial charge in [0.25, 0.3) is 0 Å². The molecule has 0 saturated heterocycles. The summed E-state index contributed by atoms with van der Waals surface area (Å²) < 4.78 is 0. The van der Waals surface area contributed by atoms with Crippen LogP contribution in [0.4, 0.5) is 0 Å². The van der Waals surface area contributed by atoms with E-state index >= 15 is 0 Å². The molecule has 4 heteroatoms. The van der Waals surface area contributed by atoms with E-state index in [9.17, 15) is 4.79 Å². The van der Waals surface area contributed by atoms with Crippen LogP contribution in [0, 0.1) is 13.8 Å². The predicted octanol–water partition coefficient (Wildman–Crippen LogP) is 3.96. The van der Waals surface area contributed by atoms with Gasteiger partial charge < -0.3 is 9.97 Å². The van der Waals surface area contributed by atoms with E-state index in [0.29, 0.717) is 0 Å². The molecule has 102 valence electrons. The van der Waals surface area contributed by atoms with E-state index in [1.807, 2.05) is 18.2 Å². The second kappa shape index (κ2) is 4.94. The zero-order valence-electron chi connectivity index (χ0n) is 11.3. The van der Waals surface area contributed by atoms with Crippen molar-refractivity contribution in [2.24, 2.45) is 0 Å². The summed E-state index contributed by atoms with van der Waals surface area (Å²) in [5.41, 5.74) is 6.44. The van der Waals surface area contributed by atoms with Crippen LogP contribution in [-0.4, -0.2) is 9.97 Å². The van der Waals surface area contributed by atoms with Crippen molar-refractivity contribution in [3.05, 3.63) is 69.1 Å². The number of H-pyrrole nitrogens is 2. The molecule has 2 aromatic carbocycles. The Bertz CT molecular complexity index is 832. The normalized spacial score (nSPS) is 12.8. The van der Waals surface area contributed by atoms with E-state index in [1.54, 1.807) is 0 Å². The van der Waals surface area contributed by atoms with Crippen LogP contribution < -0.4 is 5.69 Å². The zero-order valence-corrected chi connectivity index (χ0v) is 12.9. The predicted molar refractivity (Wildman–Crippen MR) is 85.6 cm³/mol. The van der Waals surface area contributed by atoms with Gasteiger partial charge in [-0.25, -0.2) is 4.79 Å². The number of aromatic amines is 2. The lowest BCUT2D eigenvalue weighted by molar-refractivity contribution is 1.13. The number of halogens is 1. The number of fused-ring (bicyclic) bond motifs is 1. The molecule has 0 amide bonds. The highest BCUT2D eigenvalue weighted by Crippen LogP contribution is 2.34. The van der Waals surface area contributed by atoms with Crippen molar-refractivity contribution in [3.8, 4) is 0 Å². The number of rotatable bonds is 2. The second-order valence-electron chi connectivity index (χ2n) is 5.04. The fourth-order valence-corrected chi connectivity index (χ4v) is 3.22. The number of hydrogen-bond donors (Lipinski definition) is 2. The molecule has 3 nitrogen and oxygen atoms in total. The lowest BCUT2D eigenvalue weighted by atomic mass is 9.97. The average molecular weight is 331 g/mol. The summed E-state index contributed by atoms with van der Waals surface area (Å²) in [6, 6.07) is 12.3. The fraction of sp³-hybridized carbons (Fsp3) is 0.188. The topological polar surface area (TPSA) is 48.6 Å². The lowest BCUT2D eigenvalue weighted by Gasteiger charge is -2.15. The van der Waals surface area contributed by atoms with E-state index in [1.165, 1.54) is 16.7 Å². The van der Waals surface area contributed by atoms with Crippen molar-refractivity contribution in [2.45, 2.75) is 18.7 Å². The molecule has 2 N–H and O–H groups in total. The van der Waals surface area contributed by atoms with Gasteiger partial charge in [0.15, 0.2) is 0 Å². The minimum Gasteiger partial charge on any atom is -0.306 e. The Kier molecular flexibility index (Phi) is 3.26. The van der Waals surface area contributed by atoms with Crippen LogP contribution in [-0.2, 0) is 0 Å². The minimum absolute atomic E-state index is 0.116. The highest BCUT2D eigenvalue weighted by Gasteiger charge is 2.14. The number of aromatic nitrogens is 2. The number of alkyl halides is 1. The van der Waals surface area contributed by atoms with Gasteiger partial charge in [0.05, 0.1) is 15.9 Å². The highest BCUT2D eigenvalue weighted by atomic mass is 79.9. The van der Waals surface area contributed by atoms with Gasteiger partial charge in [-0.3, -0.25) is 0 Å². The van der Waals surface area contributed by atoms with Crippen molar-refractivity contribution in [3.63, 3.8) is 0 Å². The molecule has 0 spiro atoms.